The summed E-state index contributed by atoms with van der Waals surface area (Å²) < 4.78 is 10.5. The van der Waals surface area contributed by atoms with Crippen molar-refractivity contribution in [2.45, 2.75) is 6.92 Å². The highest BCUT2D eigenvalue weighted by Crippen LogP contribution is 2.31. The quantitative estimate of drug-likeness (QED) is 0.684. The van der Waals surface area contributed by atoms with Crippen LogP contribution in [0.2, 0.25) is 5.02 Å². The molecule has 0 fully saturated rings. The van der Waals surface area contributed by atoms with Gasteiger partial charge in [0.15, 0.2) is 0 Å². The van der Waals surface area contributed by atoms with E-state index < -0.39 is 0 Å². The second kappa shape index (κ2) is 6.31. The summed E-state index contributed by atoms with van der Waals surface area (Å²) in [5, 5.41) is 0.622. The van der Waals surface area contributed by atoms with Crippen LogP contribution < -0.4 is 10.4 Å². The first-order valence-electron chi connectivity index (χ1n) is 7.13. The SMILES string of the molecule is COc1ccc(-c2cc(C)oc(=O)c2-c2ccc(Cl)cc2)cc1. The molecule has 2 aromatic carbocycles. The molecule has 0 aliphatic rings. The van der Waals surface area contributed by atoms with Crippen molar-refractivity contribution >= 4 is 11.6 Å². The number of ether oxygens (including phenoxy) is 1. The Kier molecular flexibility index (Phi) is 4.22. The number of aryl methyl sites for hydroxylation is 1. The Labute approximate surface area is 139 Å². The smallest absolute Gasteiger partial charge is 0.344 e. The molecule has 0 spiro atoms. The van der Waals surface area contributed by atoms with Gasteiger partial charge in [-0.15, -0.1) is 0 Å². The third-order valence-corrected chi connectivity index (χ3v) is 3.86. The van der Waals surface area contributed by atoms with Crippen LogP contribution in [0.5, 0.6) is 5.75 Å². The molecule has 4 heteroatoms. The first kappa shape index (κ1) is 15.4. The first-order chi connectivity index (χ1) is 11.1. The van der Waals surface area contributed by atoms with Crippen LogP contribution in [-0.4, -0.2) is 7.11 Å². The van der Waals surface area contributed by atoms with Gasteiger partial charge in [0, 0.05) is 10.6 Å². The second-order valence-corrected chi connectivity index (χ2v) is 5.61. The minimum absolute atomic E-state index is 0.363. The molecular formula is C19H15ClO3. The number of hydrogen-bond acceptors (Lipinski definition) is 3. The van der Waals surface area contributed by atoms with E-state index in [1.807, 2.05) is 42.5 Å². The molecule has 0 bridgehead atoms. The molecule has 23 heavy (non-hydrogen) atoms. The van der Waals surface area contributed by atoms with Crippen molar-refractivity contribution in [3.63, 3.8) is 0 Å². The van der Waals surface area contributed by atoms with Crippen LogP contribution in [0.3, 0.4) is 0 Å². The van der Waals surface area contributed by atoms with Crippen molar-refractivity contribution in [2.75, 3.05) is 7.11 Å². The Balaban J connectivity index is 2.22. The zero-order valence-electron chi connectivity index (χ0n) is 12.8. The molecule has 116 valence electrons. The van der Waals surface area contributed by atoms with Gasteiger partial charge >= 0.3 is 5.63 Å². The molecule has 3 rings (SSSR count). The summed E-state index contributed by atoms with van der Waals surface area (Å²) in [5.74, 6) is 1.33. The Morgan fingerprint density at radius 2 is 1.57 bits per heavy atom. The Bertz CT molecular complexity index is 878. The van der Waals surface area contributed by atoms with Crippen molar-refractivity contribution in [3.8, 4) is 28.0 Å². The number of rotatable bonds is 3. The zero-order valence-corrected chi connectivity index (χ0v) is 13.6. The molecular weight excluding hydrogens is 312 g/mol. The maximum atomic E-state index is 12.4. The van der Waals surface area contributed by atoms with E-state index in [0.29, 0.717) is 16.3 Å². The largest absolute Gasteiger partial charge is 0.497 e. The van der Waals surface area contributed by atoms with Crippen molar-refractivity contribution in [2.24, 2.45) is 0 Å². The third kappa shape index (κ3) is 3.15. The average Bonchev–Trinajstić information content (AvgIpc) is 2.55. The van der Waals surface area contributed by atoms with E-state index in [9.17, 15) is 4.79 Å². The summed E-state index contributed by atoms with van der Waals surface area (Å²) in [4.78, 5) is 12.4. The predicted octanol–water partition coefficient (Wildman–Crippen LogP) is 4.94. The van der Waals surface area contributed by atoms with Gasteiger partial charge in [0.2, 0.25) is 0 Å². The van der Waals surface area contributed by atoms with Gasteiger partial charge in [-0.05, 0) is 48.4 Å². The minimum Gasteiger partial charge on any atom is -0.497 e. The van der Waals surface area contributed by atoms with Crippen LogP contribution in [0.15, 0.2) is 63.8 Å². The summed E-state index contributed by atoms with van der Waals surface area (Å²) in [6.07, 6.45) is 0. The van der Waals surface area contributed by atoms with E-state index in [2.05, 4.69) is 0 Å². The Morgan fingerprint density at radius 1 is 0.957 bits per heavy atom. The number of hydrogen-bond donors (Lipinski definition) is 0. The van der Waals surface area contributed by atoms with Crippen LogP contribution in [0.4, 0.5) is 0 Å². The van der Waals surface area contributed by atoms with Gasteiger partial charge in [-0.3, -0.25) is 0 Å². The van der Waals surface area contributed by atoms with E-state index in [0.717, 1.165) is 22.4 Å². The molecule has 0 unspecified atom stereocenters. The van der Waals surface area contributed by atoms with Crippen molar-refractivity contribution in [1.29, 1.82) is 0 Å². The van der Waals surface area contributed by atoms with E-state index in [1.165, 1.54) is 0 Å². The van der Waals surface area contributed by atoms with E-state index >= 15 is 0 Å². The van der Waals surface area contributed by atoms with Crippen LogP contribution >= 0.6 is 11.6 Å². The van der Waals surface area contributed by atoms with Gasteiger partial charge in [-0.1, -0.05) is 35.9 Å². The van der Waals surface area contributed by atoms with E-state index in [1.54, 1.807) is 26.2 Å². The molecule has 0 saturated carbocycles. The number of methoxy groups -OCH3 is 1. The van der Waals surface area contributed by atoms with Gasteiger partial charge < -0.3 is 9.15 Å². The fraction of sp³-hybridized carbons (Fsp3) is 0.105. The fourth-order valence-electron chi connectivity index (χ4n) is 2.50. The molecule has 1 aromatic heterocycles. The highest BCUT2D eigenvalue weighted by Gasteiger charge is 2.14. The van der Waals surface area contributed by atoms with Crippen LogP contribution in [0.1, 0.15) is 5.76 Å². The molecule has 0 saturated heterocycles. The Hall–Kier alpha value is -2.52. The highest BCUT2D eigenvalue weighted by atomic mass is 35.5. The topological polar surface area (TPSA) is 39.4 Å². The lowest BCUT2D eigenvalue weighted by Crippen LogP contribution is -2.06. The summed E-state index contributed by atoms with van der Waals surface area (Å²) in [5.41, 5.74) is 2.68. The maximum absolute atomic E-state index is 12.4. The lowest BCUT2D eigenvalue weighted by atomic mass is 9.96. The normalized spacial score (nSPS) is 10.6. The van der Waals surface area contributed by atoms with Crippen molar-refractivity contribution in [1.82, 2.24) is 0 Å². The fourth-order valence-corrected chi connectivity index (χ4v) is 2.63. The molecule has 0 aliphatic heterocycles. The van der Waals surface area contributed by atoms with Crippen LogP contribution in [0.25, 0.3) is 22.3 Å². The summed E-state index contributed by atoms with van der Waals surface area (Å²) in [6, 6.07) is 16.6. The van der Waals surface area contributed by atoms with Gasteiger partial charge in [-0.2, -0.15) is 0 Å². The Morgan fingerprint density at radius 3 is 2.17 bits per heavy atom. The summed E-state index contributed by atoms with van der Waals surface area (Å²) in [6.45, 7) is 1.76. The maximum Gasteiger partial charge on any atom is 0.344 e. The lowest BCUT2D eigenvalue weighted by molar-refractivity contribution is 0.415. The summed E-state index contributed by atoms with van der Waals surface area (Å²) in [7, 11) is 1.62. The molecule has 3 nitrogen and oxygen atoms in total. The van der Waals surface area contributed by atoms with Crippen LogP contribution in [-0.2, 0) is 0 Å². The molecule has 0 atom stereocenters. The predicted molar refractivity (Wildman–Crippen MR) is 92.1 cm³/mol. The lowest BCUT2D eigenvalue weighted by Gasteiger charge is -2.10. The first-order valence-corrected chi connectivity index (χ1v) is 7.51. The molecule has 0 aliphatic carbocycles. The molecule has 1 heterocycles. The van der Waals surface area contributed by atoms with Gasteiger partial charge in [0.25, 0.3) is 0 Å². The standard InChI is InChI=1S/C19H15ClO3/c1-12-11-17(13-5-9-16(22-2)10-6-13)18(19(21)23-12)14-3-7-15(20)8-4-14/h3-11H,1-2H3. The van der Waals surface area contributed by atoms with Crippen LogP contribution in [0, 0.1) is 6.92 Å². The average molecular weight is 327 g/mol. The van der Waals surface area contributed by atoms with Crippen molar-refractivity contribution in [3.05, 3.63) is 75.8 Å². The monoisotopic (exact) mass is 326 g/mol. The highest BCUT2D eigenvalue weighted by molar-refractivity contribution is 6.30. The molecule has 0 amide bonds. The third-order valence-electron chi connectivity index (χ3n) is 3.61. The number of halogens is 1. The van der Waals surface area contributed by atoms with E-state index in [4.69, 9.17) is 20.8 Å². The number of benzene rings is 2. The molecule has 0 radical (unpaired) electrons. The van der Waals surface area contributed by atoms with Gasteiger partial charge in [0.1, 0.15) is 11.5 Å². The van der Waals surface area contributed by atoms with Gasteiger partial charge in [-0.25, -0.2) is 4.79 Å². The zero-order chi connectivity index (χ0) is 16.4. The van der Waals surface area contributed by atoms with Gasteiger partial charge in [0.05, 0.1) is 12.7 Å². The second-order valence-electron chi connectivity index (χ2n) is 5.17. The summed E-state index contributed by atoms with van der Waals surface area (Å²) >= 11 is 5.94. The van der Waals surface area contributed by atoms with E-state index in [-0.39, 0.29) is 5.63 Å². The molecule has 0 N–H and O–H groups in total. The molecule has 3 aromatic rings. The van der Waals surface area contributed by atoms with Crippen molar-refractivity contribution < 1.29 is 9.15 Å². The minimum atomic E-state index is -0.363.